The Labute approximate surface area is 154 Å². The number of aliphatic carboxylic acids is 1. The minimum Gasteiger partial charge on any atom is -0.480 e. The zero-order valence-electron chi connectivity index (χ0n) is 15.9. The summed E-state index contributed by atoms with van der Waals surface area (Å²) in [5.41, 5.74) is -1.09. The summed E-state index contributed by atoms with van der Waals surface area (Å²) >= 11 is 0. The summed E-state index contributed by atoms with van der Waals surface area (Å²) in [6.45, 7) is 7.97. The fourth-order valence-corrected chi connectivity index (χ4v) is 2.01. The van der Waals surface area contributed by atoms with Gasteiger partial charge in [0, 0.05) is 13.0 Å². The van der Waals surface area contributed by atoms with Gasteiger partial charge in [-0.3, -0.25) is 0 Å². The van der Waals surface area contributed by atoms with Crippen molar-refractivity contribution in [2.45, 2.75) is 51.9 Å². The van der Waals surface area contributed by atoms with E-state index in [1.807, 2.05) is 30.3 Å². The summed E-state index contributed by atoms with van der Waals surface area (Å²) in [5, 5.41) is 11.8. The first-order chi connectivity index (χ1) is 12.1. The molecule has 7 nitrogen and oxygen atoms in total. The predicted octanol–water partition coefficient (Wildman–Crippen LogP) is 2.98. The van der Waals surface area contributed by atoms with Crippen LogP contribution < -0.4 is 5.32 Å². The monoisotopic (exact) mass is 367 g/mol. The van der Waals surface area contributed by atoms with Crippen LogP contribution >= 0.6 is 0 Å². The Hall–Kier alpha value is -2.12. The molecule has 1 aromatic rings. The summed E-state index contributed by atoms with van der Waals surface area (Å²) in [7, 11) is 0. The van der Waals surface area contributed by atoms with Crippen molar-refractivity contribution >= 4 is 12.1 Å². The molecular weight excluding hydrogens is 338 g/mol. The third kappa shape index (κ3) is 8.82. The molecule has 0 spiro atoms. The van der Waals surface area contributed by atoms with Gasteiger partial charge >= 0.3 is 12.1 Å². The molecule has 2 N–H and O–H groups in total. The summed E-state index contributed by atoms with van der Waals surface area (Å²) in [4.78, 5) is 23.3. The zero-order valence-corrected chi connectivity index (χ0v) is 15.9. The zero-order chi connectivity index (χ0) is 19.6. The highest BCUT2D eigenvalue weighted by Gasteiger charge is 2.36. The number of alkyl carbamates (subject to hydrolysis) is 1. The smallest absolute Gasteiger partial charge is 0.408 e. The molecule has 7 heteroatoms. The molecule has 146 valence electrons. The Morgan fingerprint density at radius 1 is 1.00 bits per heavy atom. The molecule has 0 aliphatic rings. The van der Waals surface area contributed by atoms with Gasteiger partial charge < -0.3 is 24.6 Å². The summed E-state index contributed by atoms with van der Waals surface area (Å²) in [5.74, 6) is -1.15. The van der Waals surface area contributed by atoms with Crippen molar-refractivity contribution in [1.29, 1.82) is 0 Å². The molecule has 0 aliphatic carbocycles. The van der Waals surface area contributed by atoms with Gasteiger partial charge in [-0.15, -0.1) is 0 Å². The van der Waals surface area contributed by atoms with Gasteiger partial charge in [-0.2, -0.15) is 0 Å². The molecule has 1 atom stereocenters. The minimum absolute atomic E-state index is 0.111. The van der Waals surface area contributed by atoms with E-state index in [-0.39, 0.29) is 13.0 Å². The molecular formula is C19H29NO6. The van der Waals surface area contributed by atoms with Crippen LogP contribution in [0.25, 0.3) is 0 Å². The first-order valence-corrected chi connectivity index (χ1v) is 8.56. The number of hydrogen-bond donors (Lipinski definition) is 2. The number of rotatable bonds is 10. The highest BCUT2D eigenvalue weighted by Crippen LogP contribution is 2.13. The minimum atomic E-state index is -1.47. The number of nitrogens with one attached hydrogen (secondary N) is 1. The number of carboxylic acids is 1. The normalized spacial score (nSPS) is 13.7. The Morgan fingerprint density at radius 2 is 1.62 bits per heavy atom. The topological polar surface area (TPSA) is 94.1 Å². The molecule has 1 unspecified atom stereocenters. The van der Waals surface area contributed by atoms with Crippen molar-refractivity contribution in [3.63, 3.8) is 0 Å². The lowest BCUT2D eigenvalue weighted by atomic mass is 9.99. The maximum absolute atomic E-state index is 11.8. The molecule has 0 bridgehead atoms. The Bertz CT molecular complexity index is 569. The molecule has 0 heterocycles. The molecule has 1 aromatic carbocycles. The number of carbonyl (C=O) groups excluding carboxylic acids is 1. The van der Waals surface area contributed by atoms with Crippen molar-refractivity contribution in [2.24, 2.45) is 0 Å². The number of carbonyl (C=O) groups is 2. The predicted molar refractivity (Wildman–Crippen MR) is 96.9 cm³/mol. The molecule has 1 rings (SSSR count). The summed E-state index contributed by atoms with van der Waals surface area (Å²) < 4.78 is 16.0. The van der Waals surface area contributed by atoms with Crippen LogP contribution in [0.1, 0.15) is 39.7 Å². The van der Waals surface area contributed by atoms with E-state index in [9.17, 15) is 14.7 Å². The molecule has 1 amide bonds. The second-order valence-corrected chi connectivity index (χ2v) is 7.16. The van der Waals surface area contributed by atoms with Crippen molar-refractivity contribution in [1.82, 2.24) is 5.32 Å². The van der Waals surface area contributed by atoms with Crippen molar-refractivity contribution in [3.05, 3.63) is 35.9 Å². The summed E-state index contributed by atoms with van der Waals surface area (Å²) in [6, 6.07) is 9.78. The molecule has 26 heavy (non-hydrogen) atoms. The van der Waals surface area contributed by atoms with Crippen LogP contribution in [-0.2, 0) is 25.6 Å². The van der Waals surface area contributed by atoms with Crippen molar-refractivity contribution in [2.75, 3.05) is 19.8 Å². The molecule has 0 fully saturated rings. The SMILES string of the molecule is CC(C)(C)OC(=O)NC(C)(CCOCCOCc1ccccc1)C(=O)O. The highest BCUT2D eigenvalue weighted by atomic mass is 16.6. The van der Waals surface area contributed by atoms with Crippen molar-refractivity contribution in [3.8, 4) is 0 Å². The van der Waals surface area contributed by atoms with Gasteiger partial charge in [0.05, 0.1) is 19.8 Å². The number of carboxylic acid groups (broad SMARTS) is 1. The van der Waals surface area contributed by atoms with E-state index >= 15 is 0 Å². The quantitative estimate of drug-likeness (QED) is 0.618. The van der Waals surface area contributed by atoms with Gasteiger partial charge in [0.2, 0.25) is 0 Å². The van der Waals surface area contributed by atoms with Crippen LogP contribution in [0, 0.1) is 0 Å². The van der Waals surface area contributed by atoms with E-state index < -0.39 is 23.2 Å². The van der Waals surface area contributed by atoms with Crippen LogP contribution in [0.15, 0.2) is 30.3 Å². The lowest BCUT2D eigenvalue weighted by Gasteiger charge is -2.28. The maximum Gasteiger partial charge on any atom is 0.408 e. The number of amides is 1. The van der Waals surface area contributed by atoms with Crippen LogP contribution in [-0.4, -0.2) is 48.1 Å². The van der Waals surface area contributed by atoms with Crippen LogP contribution in [0.2, 0.25) is 0 Å². The molecule has 0 aliphatic heterocycles. The fourth-order valence-electron chi connectivity index (χ4n) is 2.01. The van der Waals surface area contributed by atoms with Gasteiger partial charge in [-0.05, 0) is 33.3 Å². The maximum atomic E-state index is 11.8. The number of ether oxygens (including phenoxy) is 3. The van der Waals surface area contributed by atoms with Gasteiger partial charge in [0.1, 0.15) is 11.1 Å². The largest absolute Gasteiger partial charge is 0.480 e. The van der Waals surface area contributed by atoms with Gasteiger partial charge in [-0.1, -0.05) is 30.3 Å². The van der Waals surface area contributed by atoms with Crippen LogP contribution in [0.5, 0.6) is 0 Å². The van der Waals surface area contributed by atoms with E-state index in [4.69, 9.17) is 14.2 Å². The first-order valence-electron chi connectivity index (χ1n) is 8.56. The van der Waals surface area contributed by atoms with Gasteiger partial charge in [-0.25, -0.2) is 9.59 Å². The number of benzene rings is 1. The second kappa shape index (κ2) is 10.1. The van der Waals surface area contributed by atoms with Crippen LogP contribution in [0.4, 0.5) is 4.79 Å². The Kier molecular flexibility index (Phi) is 8.54. The van der Waals surface area contributed by atoms with Crippen molar-refractivity contribution < 1.29 is 28.9 Å². The Morgan fingerprint density at radius 3 is 2.19 bits per heavy atom. The first kappa shape index (κ1) is 21.9. The average molecular weight is 367 g/mol. The fraction of sp³-hybridized carbons (Fsp3) is 0.579. The van der Waals surface area contributed by atoms with E-state index in [0.29, 0.717) is 19.8 Å². The van der Waals surface area contributed by atoms with E-state index in [1.54, 1.807) is 20.8 Å². The third-order valence-corrected chi connectivity index (χ3v) is 3.48. The molecule has 0 radical (unpaired) electrons. The number of hydrogen-bond acceptors (Lipinski definition) is 5. The molecule has 0 saturated carbocycles. The third-order valence-electron chi connectivity index (χ3n) is 3.48. The lowest BCUT2D eigenvalue weighted by Crippen LogP contribution is -2.54. The standard InChI is InChI=1S/C19H29NO6/c1-18(2,3)26-17(23)20-19(4,16(21)22)10-11-24-12-13-25-14-15-8-6-5-7-9-15/h5-9H,10-14H2,1-4H3,(H,20,23)(H,21,22). The van der Waals surface area contributed by atoms with Gasteiger partial charge in [0.15, 0.2) is 0 Å². The Balaban J connectivity index is 2.28. The van der Waals surface area contributed by atoms with E-state index in [1.165, 1.54) is 6.92 Å². The van der Waals surface area contributed by atoms with Gasteiger partial charge in [0.25, 0.3) is 0 Å². The molecule has 0 saturated heterocycles. The molecule has 0 aromatic heterocycles. The highest BCUT2D eigenvalue weighted by molar-refractivity contribution is 5.83. The summed E-state index contributed by atoms with van der Waals surface area (Å²) in [6.07, 6.45) is -0.658. The van der Waals surface area contributed by atoms with E-state index in [2.05, 4.69) is 5.32 Å². The lowest BCUT2D eigenvalue weighted by molar-refractivity contribution is -0.145. The van der Waals surface area contributed by atoms with E-state index in [0.717, 1.165) is 5.56 Å². The second-order valence-electron chi connectivity index (χ2n) is 7.16. The van der Waals surface area contributed by atoms with Crippen LogP contribution in [0.3, 0.4) is 0 Å². The average Bonchev–Trinajstić information content (AvgIpc) is 2.52.